The fourth-order valence-electron chi connectivity index (χ4n) is 5.50. The lowest BCUT2D eigenvalue weighted by Gasteiger charge is -2.56. The molecule has 1 aromatic carbocycles. The summed E-state index contributed by atoms with van der Waals surface area (Å²) in [5, 5.41) is 9.43. The maximum absolute atomic E-state index is 13.3. The first-order valence-corrected chi connectivity index (χ1v) is 12.1. The molecular weight excluding hydrogens is 412 g/mol. The summed E-state index contributed by atoms with van der Waals surface area (Å²) in [6, 6.07) is 6.78. The van der Waals surface area contributed by atoms with Crippen molar-refractivity contribution in [1.29, 1.82) is 0 Å². The van der Waals surface area contributed by atoms with Crippen LogP contribution in [0, 0.1) is 17.8 Å². The van der Waals surface area contributed by atoms with Crippen molar-refractivity contribution >= 4 is 27.6 Å². The summed E-state index contributed by atoms with van der Waals surface area (Å²) in [5.41, 5.74) is 0. The van der Waals surface area contributed by atoms with E-state index in [0.717, 1.165) is 32.4 Å². The Morgan fingerprint density at radius 2 is 1.93 bits per heavy atom. The number of hydrogen-bond donors (Lipinski definition) is 1. The second-order valence-electron chi connectivity index (χ2n) is 8.39. The zero-order valence-electron chi connectivity index (χ0n) is 16.3. The number of carbonyl (C=O) groups is 1. The van der Waals surface area contributed by atoms with Crippen molar-refractivity contribution in [2.24, 2.45) is 17.8 Å². The molecule has 3 fully saturated rings. The molecule has 4 unspecified atom stereocenters. The molecule has 4 rings (SSSR count). The number of halogens is 1. The van der Waals surface area contributed by atoms with Gasteiger partial charge in [0.2, 0.25) is 10.0 Å². The lowest BCUT2D eigenvalue weighted by molar-refractivity contribution is -0.131. The summed E-state index contributed by atoms with van der Waals surface area (Å²) in [5.74, 6) is -0.0802. The van der Waals surface area contributed by atoms with E-state index in [-0.39, 0.29) is 10.8 Å². The molecule has 3 aliphatic heterocycles. The smallest absolute Gasteiger partial charge is 0.327 e. The molecule has 3 aliphatic rings. The Morgan fingerprint density at radius 1 is 1.17 bits per heavy atom. The Bertz CT molecular complexity index is 886. The Hall–Kier alpha value is -1.41. The third-order valence-electron chi connectivity index (χ3n) is 6.76. The average molecular weight is 439 g/mol. The molecule has 158 valence electrons. The molecule has 0 aromatic heterocycles. The van der Waals surface area contributed by atoms with E-state index in [2.05, 4.69) is 4.90 Å². The zero-order valence-corrected chi connectivity index (χ0v) is 17.9. The number of nitrogens with zero attached hydrogens (tertiary/aromatic N) is 2. The number of carboxylic acids is 1. The number of rotatable bonds is 5. The van der Waals surface area contributed by atoms with Crippen LogP contribution in [0.4, 0.5) is 0 Å². The van der Waals surface area contributed by atoms with Gasteiger partial charge in [0.05, 0.1) is 4.90 Å². The van der Waals surface area contributed by atoms with Crippen LogP contribution in [0.3, 0.4) is 0 Å². The molecule has 1 aromatic rings. The van der Waals surface area contributed by atoms with E-state index in [4.69, 9.17) is 16.7 Å². The van der Waals surface area contributed by atoms with Gasteiger partial charge in [-0.1, -0.05) is 17.7 Å². The van der Waals surface area contributed by atoms with Crippen LogP contribution in [-0.4, -0.2) is 60.9 Å². The highest BCUT2D eigenvalue weighted by Crippen LogP contribution is 2.44. The highest BCUT2D eigenvalue weighted by Gasteiger charge is 2.49. The topological polar surface area (TPSA) is 77.9 Å². The van der Waals surface area contributed by atoms with E-state index >= 15 is 0 Å². The number of aliphatic carboxylic acids is 1. The molecule has 3 heterocycles. The van der Waals surface area contributed by atoms with Gasteiger partial charge in [0.15, 0.2) is 0 Å². The van der Waals surface area contributed by atoms with Gasteiger partial charge in [-0.2, -0.15) is 4.31 Å². The molecule has 0 spiro atoms. The van der Waals surface area contributed by atoms with Crippen LogP contribution in [0.5, 0.6) is 0 Å². The normalized spacial score (nSPS) is 30.9. The summed E-state index contributed by atoms with van der Waals surface area (Å²) in [6.07, 6.45) is 6.74. The van der Waals surface area contributed by atoms with Gasteiger partial charge in [0.1, 0.15) is 0 Å². The van der Waals surface area contributed by atoms with Gasteiger partial charge in [0.25, 0.3) is 0 Å². The fraction of sp³-hybridized carbons (Fsp3) is 0.571. The van der Waals surface area contributed by atoms with Crippen LogP contribution in [0.1, 0.15) is 25.7 Å². The Labute approximate surface area is 177 Å². The molecule has 1 N–H and O–H groups in total. The number of piperidine rings is 3. The maximum Gasteiger partial charge on any atom is 0.327 e. The summed E-state index contributed by atoms with van der Waals surface area (Å²) >= 11 is 5.94. The largest absolute Gasteiger partial charge is 0.478 e. The molecule has 29 heavy (non-hydrogen) atoms. The van der Waals surface area contributed by atoms with E-state index in [1.807, 2.05) is 0 Å². The summed E-state index contributed by atoms with van der Waals surface area (Å²) in [7, 11) is -3.58. The zero-order chi connectivity index (χ0) is 20.6. The van der Waals surface area contributed by atoms with Gasteiger partial charge in [0, 0.05) is 30.2 Å². The van der Waals surface area contributed by atoms with Gasteiger partial charge in [-0.05, 0) is 80.8 Å². The standard InChI is InChI=1S/C21H27ClN2O4S/c22-17-6-8-18(9-7-17)29(27,28)24-13-16-4-2-11-23-12-10-15(3-1-5-20(25)26)19(14-24)21(16)23/h1,5-9,15-16,19,21H,2-4,10-14H2,(H,25,26)/b5-1+. The molecule has 3 saturated heterocycles. The number of hydrogen-bond acceptors (Lipinski definition) is 4. The van der Waals surface area contributed by atoms with Gasteiger partial charge >= 0.3 is 5.97 Å². The quantitative estimate of drug-likeness (QED) is 0.715. The Kier molecular flexibility index (Phi) is 6.02. The summed E-state index contributed by atoms with van der Waals surface area (Å²) in [6.45, 7) is 3.15. The molecule has 6 nitrogen and oxygen atoms in total. The highest BCUT2D eigenvalue weighted by atomic mass is 35.5. The van der Waals surface area contributed by atoms with E-state index < -0.39 is 16.0 Å². The second kappa shape index (κ2) is 8.38. The monoisotopic (exact) mass is 438 g/mol. The maximum atomic E-state index is 13.3. The molecule has 0 bridgehead atoms. The Morgan fingerprint density at radius 3 is 2.66 bits per heavy atom. The average Bonchev–Trinajstić information content (AvgIpc) is 2.69. The van der Waals surface area contributed by atoms with Crippen molar-refractivity contribution in [1.82, 2.24) is 9.21 Å². The first kappa shape index (κ1) is 20.8. The van der Waals surface area contributed by atoms with Crippen molar-refractivity contribution in [3.63, 3.8) is 0 Å². The Balaban J connectivity index is 1.60. The summed E-state index contributed by atoms with van der Waals surface area (Å²) in [4.78, 5) is 13.7. The minimum absolute atomic E-state index is 0.225. The van der Waals surface area contributed by atoms with Crippen molar-refractivity contribution in [2.75, 3.05) is 26.2 Å². The first-order chi connectivity index (χ1) is 13.9. The van der Waals surface area contributed by atoms with Crippen LogP contribution in [0.2, 0.25) is 5.02 Å². The lowest BCUT2D eigenvalue weighted by atomic mass is 9.68. The lowest BCUT2D eigenvalue weighted by Crippen LogP contribution is -2.63. The molecular formula is C21H27ClN2O4S. The third kappa shape index (κ3) is 4.24. The predicted octanol–water partition coefficient (Wildman–Crippen LogP) is 3.09. The third-order valence-corrected chi connectivity index (χ3v) is 8.86. The number of benzene rings is 1. The van der Waals surface area contributed by atoms with Crippen LogP contribution in [-0.2, 0) is 14.8 Å². The molecule has 0 radical (unpaired) electrons. The van der Waals surface area contributed by atoms with Crippen molar-refractivity contribution in [3.05, 3.63) is 41.4 Å². The minimum atomic E-state index is -3.58. The fourth-order valence-corrected chi connectivity index (χ4v) is 7.16. The first-order valence-electron chi connectivity index (χ1n) is 10.3. The van der Waals surface area contributed by atoms with Gasteiger partial charge in [-0.3, -0.25) is 4.90 Å². The number of allylic oxidation sites excluding steroid dienone is 1. The van der Waals surface area contributed by atoms with E-state index in [9.17, 15) is 13.2 Å². The van der Waals surface area contributed by atoms with Crippen LogP contribution < -0.4 is 0 Å². The predicted molar refractivity (Wildman–Crippen MR) is 111 cm³/mol. The molecule has 4 atom stereocenters. The van der Waals surface area contributed by atoms with E-state index in [0.29, 0.717) is 42.4 Å². The number of sulfonamides is 1. The van der Waals surface area contributed by atoms with Crippen molar-refractivity contribution < 1.29 is 18.3 Å². The van der Waals surface area contributed by atoms with Crippen LogP contribution in [0.25, 0.3) is 0 Å². The van der Waals surface area contributed by atoms with Crippen LogP contribution >= 0.6 is 11.6 Å². The minimum Gasteiger partial charge on any atom is -0.478 e. The van der Waals surface area contributed by atoms with E-state index in [1.54, 1.807) is 34.6 Å². The van der Waals surface area contributed by atoms with E-state index in [1.165, 1.54) is 6.08 Å². The van der Waals surface area contributed by atoms with Crippen molar-refractivity contribution in [2.45, 2.75) is 36.6 Å². The molecule has 0 aliphatic carbocycles. The molecule has 0 saturated carbocycles. The van der Waals surface area contributed by atoms with Crippen LogP contribution in [0.15, 0.2) is 41.3 Å². The second-order valence-corrected chi connectivity index (χ2v) is 10.8. The number of carboxylic acid groups (broad SMARTS) is 1. The van der Waals surface area contributed by atoms with Gasteiger partial charge in [-0.15, -0.1) is 0 Å². The molecule has 0 amide bonds. The van der Waals surface area contributed by atoms with Gasteiger partial charge in [-0.25, -0.2) is 13.2 Å². The van der Waals surface area contributed by atoms with Crippen molar-refractivity contribution in [3.8, 4) is 0 Å². The summed E-state index contributed by atoms with van der Waals surface area (Å²) < 4.78 is 28.3. The highest BCUT2D eigenvalue weighted by molar-refractivity contribution is 7.89. The molecule has 8 heteroatoms. The van der Waals surface area contributed by atoms with Gasteiger partial charge < -0.3 is 5.11 Å². The SMILES string of the molecule is O=C(O)/C=C/CC1CCN2CCCC3CN(S(=O)(=O)c4ccc(Cl)cc4)CC1C32.